The average molecular weight is 158 g/mol. The number of aliphatic hydroxyl groups excluding tert-OH is 1. The molecule has 11 heavy (non-hydrogen) atoms. The van der Waals surface area contributed by atoms with Crippen molar-refractivity contribution >= 4 is 6.03 Å². The summed E-state index contributed by atoms with van der Waals surface area (Å²) in [6, 6.07) is -0.302. The van der Waals surface area contributed by atoms with Gasteiger partial charge in [0.25, 0.3) is 0 Å². The number of nitrogens with one attached hydrogen (secondary N) is 2. The number of carbonyl (C=O) groups is 1. The number of hydrogen-bond acceptors (Lipinski definition) is 2. The fraction of sp³-hybridized carbons (Fsp3) is 0.571. The van der Waals surface area contributed by atoms with Crippen LogP contribution in [0.25, 0.3) is 0 Å². The highest BCUT2D eigenvalue weighted by Gasteiger charge is 1.98. The van der Waals surface area contributed by atoms with Crippen molar-refractivity contribution in [2.45, 2.75) is 20.0 Å². The van der Waals surface area contributed by atoms with Gasteiger partial charge in [0.15, 0.2) is 0 Å². The van der Waals surface area contributed by atoms with Crippen LogP contribution in [0, 0.1) is 0 Å². The molecule has 0 spiro atoms. The standard InChI is InChI=1S/C7H14N2O2/c1-3-4-8-7(11)9-5-6(2)10/h3-4,6,10H,5H2,1-2H3,(H2,8,9,11)/b4-3+. The number of carbonyl (C=O) groups excluding carboxylic acids is 1. The molecule has 0 heterocycles. The van der Waals surface area contributed by atoms with Crippen LogP contribution in [0.2, 0.25) is 0 Å². The molecule has 1 atom stereocenters. The van der Waals surface area contributed by atoms with Crippen molar-refractivity contribution in [1.29, 1.82) is 0 Å². The summed E-state index contributed by atoms with van der Waals surface area (Å²) in [6.07, 6.45) is 2.73. The number of rotatable bonds is 3. The zero-order valence-corrected chi connectivity index (χ0v) is 6.79. The maximum absolute atomic E-state index is 10.7. The minimum atomic E-state index is -0.508. The van der Waals surface area contributed by atoms with E-state index in [1.807, 2.05) is 0 Å². The largest absolute Gasteiger partial charge is 0.392 e. The summed E-state index contributed by atoms with van der Waals surface area (Å²) >= 11 is 0. The van der Waals surface area contributed by atoms with Crippen LogP contribution in [0.5, 0.6) is 0 Å². The smallest absolute Gasteiger partial charge is 0.318 e. The van der Waals surface area contributed by atoms with E-state index in [2.05, 4.69) is 10.6 Å². The van der Waals surface area contributed by atoms with Crippen molar-refractivity contribution in [3.63, 3.8) is 0 Å². The highest BCUT2D eigenvalue weighted by atomic mass is 16.3. The minimum absolute atomic E-state index is 0.267. The van der Waals surface area contributed by atoms with Crippen LogP contribution in [-0.2, 0) is 0 Å². The molecule has 0 aliphatic rings. The fourth-order valence-corrected chi connectivity index (χ4v) is 0.450. The van der Waals surface area contributed by atoms with E-state index >= 15 is 0 Å². The van der Waals surface area contributed by atoms with E-state index in [4.69, 9.17) is 5.11 Å². The Morgan fingerprint density at radius 3 is 2.82 bits per heavy atom. The van der Waals surface area contributed by atoms with Crippen molar-refractivity contribution < 1.29 is 9.90 Å². The lowest BCUT2D eigenvalue weighted by Crippen LogP contribution is -2.36. The van der Waals surface area contributed by atoms with Gasteiger partial charge < -0.3 is 15.7 Å². The molecule has 4 nitrogen and oxygen atoms in total. The molecule has 0 bridgehead atoms. The number of aliphatic hydroxyl groups is 1. The lowest BCUT2D eigenvalue weighted by molar-refractivity contribution is 0.188. The lowest BCUT2D eigenvalue weighted by atomic mass is 10.4. The first-order valence-corrected chi connectivity index (χ1v) is 3.50. The van der Waals surface area contributed by atoms with Crippen LogP contribution >= 0.6 is 0 Å². The summed E-state index contributed by atoms with van der Waals surface area (Å²) in [5.41, 5.74) is 0. The molecule has 0 aromatic carbocycles. The fourth-order valence-electron chi connectivity index (χ4n) is 0.450. The Morgan fingerprint density at radius 1 is 1.73 bits per heavy atom. The average Bonchev–Trinajstić information content (AvgIpc) is 1.97. The third-order valence-electron chi connectivity index (χ3n) is 0.939. The zero-order chi connectivity index (χ0) is 8.69. The monoisotopic (exact) mass is 158 g/mol. The summed E-state index contributed by atoms with van der Waals surface area (Å²) < 4.78 is 0. The van der Waals surface area contributed by atoms with Crippen molar-refractivity contribution in [1.82, 2.24) is 10.6 Å². The normalized spacial score (nSPS) is 13.0. The van der Waals surface area contributed by atoms with E-state index in [-0.39, 0.29) is 12.6 Å². The Bertz CT molecular complexity index is 143. The Morgan fingerprint density at radius 2 is 2.36 bits per heavy atom. The second-order valence-corrected chi connectivity index (χ2v) is 2.20. The Balaban J connectivity index is 3.37. The van der Waals surface area contributed by atoms with Crippen LogP contribution < -0.4 is 10.6 Å². The summed E-state index contributed by atoms with van der Waals surface area (Å²) in [5, 5.41) is 13.7. The molecular formula is C7H14N2O2. The first kappa shape index (κ1) is 9.97. The second-order valence-electron chi connectivity index (χ2n) is 2.20. The van der Waals surface area contributed by atoms with Gasteiger partial charge in [-0.15, -0.1) is 0 Å². The van der Waals surface area contributed by atoms with Gasteiger partial charge in [-0.05, 0) is 13.8 Å². The molecule has 0 saturated carbocycles. The van der Waals surface area contributed by atoms with E-state index in [1.54, 1.807) is 19.9 Å². The van der Waals surface area contributed by atoms with Gasteiger partial charge in [-0.1, -0.05) is 6.08 Å². The molecule has 0 saturated heterocycles. The molecule has 0 aromatic heterocycles. The first-order valence-electron chi connectivity index (χ1n) is 3.50. The van der Waals surface area contributed by atoms with Gasteiger partial charge in [-0.25, -0.2) is 4.79 Å². The Labute approximate surface area is 66.3 Å². The molecule has 3 N–H and O–H groups in total. The van der Waals surface area contributed by atoms with Crippen molar-refractivity contribution in [3.05, 3.63) is 12.3 Å². The SMILES string of the molecule is C/C=C/NC(=O)NCC(C)O. The molecule has 0 aromatic rings. The van der Waals surface area contributed by atoms with E-state index in [9.17, 15) is 4.79 Å². The van der Waals surface area contributed by atoms with Gasteiger partial charge in [0.2, 0.25) is 0 Å². The maximum Gasteiger partial charge on any atom is 0.318 e. The lowest BCUT2D eigenvalue weighted by Gasteiger charge is -2.05. The van der Waals surface area contributed by atoms with Crippen LogP contribution in [0.4, 0.5) is 4.79 Å². The van der Waals surface area contributed by atoms with Crippen LogP contribution in [0.3, 0.4) is 0 Å². The summed E-state index contributed by atoms with van der Waals surface area (Å²) in [6.45, 7) is 3.67. The zero-order valence-electron chi connectivity index (χ0n) is 6.79. The quantitative estimate of drug-likeness (QED) is 0.549. The molecule has 2 amide bonds. The minimum Gasteiger partial charge on any atom is -0.392 e. The number of urea groups is 1. The number of hydrogen-bond donors (Lipinski definition) is 3. The van der Waals surface area contributed by atoms with Crippen LogP contribution in [0.1, 0.15) is 13.8 Å². The molecular weight excluding hydrogens is 144 g/mol. The van der Waals surface area contributed by atoms with Gasteiger partial charge in [0, 0.05) is 12.7 Å². The molecule has 0 aliphatic carbocycles. The van der Waals surface area contributed by atoms with E-state index in [1.165, 1.54) is 6.20 Å². The highest BCUT2D eigenvalue weighted by Crippen LogP contribution is 1.74. The molecule has 0 rings (SSSR count). The summed E-state index contributed by atoms with van der Waals surface area (Å²) in [4.78, 5) is 10.7. The van der Waals surface area contributed by atoms with Gasteiger partial charge in [-0.3, -0.25) is 0 Å². The summed E-state index contributed by atoms with van der Waals surface area (Å²) in [7, 11) is 0. The summed E-state index contributed by atoms with van der Waals surface area (Å²) in [5.74, 6) is 0. The van der Waals surface area contributed by atoms with Crippen molar-refractivity contribution in [2.24, 2.45) is 0 Å². The third kappa shape index (κ3) is 6.86. The maximum atomic E-state index is 10.7. The predicted octanol–water partition coefficient (Wildman–Crippen LogP) is 0.200. The molecule has 0 aliphatic heterocycles. The van der Waals surface area contributed by atoms with E-state index in [0.29, 0.717) is 0 Å². The highest BCUT2D eigenvalue weighted by molar-refractivity contribution is 5.74. The van der Waals surface area contributed by atoms with Gasteiger partial charge in [-0.2, -0.15) is 0 Å². The first-order chi connectivity index (χ1) is 5.16. The second kappa shape index (κ2) is 5.73. The van der Waals surface area contributed by atoms with Crippen molar-refractivity contribution in [3.8, 4) is 0 Å². The van der Waals surface area contributed by atoms with Crippen LogP contribution in [-0.4, -0.2) is 23.8 Å². The molecule has 64 valence electrons. The van der Waals surface area contributed by atoms with E-state index in [0.717, 1.165) is 0 Å². The molecule has 4 heteroatoms. The Kier molecular flexibility index (Phi) is 5.20. The predicted molar refractivity (Wildman–Crippen MR) is 43.0 cm³/mol. The molecule has 0 fully saturated rings. The van der Waals surface area contributed by atoms with Gasteiger partial charge >= 0.3 is 6.03 Å². The number of allylic oxidation sites excluding steroid dienone is 1. The van der Waals surface area contributed by atoms with E-state index < -0.39 is 6.10 Å². The topological polar surface area (TPSA) is 61.4 Å². The molecule has 1 unspecified atom stereocenters. The number of amides is 2. The third-order valence-corrected chi connectivity index (χ3v) is 0.939. The van der Waals surface area contributed by atoms with Crippen molar-refractivity contribution in [2.75, 3.05) is 6.54 Å². The van der Waals surface area contributed by atoms with Gasteiger partial charge in [0.1, 0.15) is 0 Å². The molecule has 0 radical (unpaired) electrons. The van der Waals surface area contributed by atoms with Gasteiger partial charge in [0.05, 0.1) is 6.10 Å². The Hall–Kier alpha value is -1.03. The van der Waals surface area contributed by atoms with Crippen LogP contribution in [0.15, 0.2) is 12.3 Å².